The molecule has 4 amide bonds. The van der Waals surface area contributed by atoms with Crippen LogP contribution in [0.5, 0.6) is 5.75 Å². The fourth-order valence-electron chi connectivity index (χ4n) is 8.23. The maximum atomic E-state index is 13.2. The lowest BCUT2D eigenvalue weighted by atomic mass is 9.85. The largest absolute Gasteiger partial charge is 0.494 e. The molecule has 292 valence electrons. The van der Waals surface area contributed by atoms with E-state index in [1.807, 2.05) is 29.2 Å². The summed E-state index contributed by atoms with van der Waals surface area (Å²) in [5.74, 6) is -0.130. The lowest BCUT2D eigenvalue weighted by molar-refractivity contribution is -0.141. The molecule has 2 aromatic carbocycles. The van der Waals surface area contributed by atoms with Gasteiger partial charge in [-0.05, 0) is 68.8 Å². The van der Waals surface area contributed by atoms with Crippen molar-refractivity contribution < 1.29 is 32.3 Å². The van der Waals surface area contributed by atoms with Gasteiger partial charge in [0.15, 0.2) is 0 Å². The van der Waals surface area contributed by atoms with Gasteiger partial charge in [-0.2, -0.15) is 18.3 Å². The number of benzene rings is 2. The molecule has 0 radical (unpaired) electrons. The number of aromatic nitrogens is 4. The van der Waals surface area contributed by atoms with Crippen LogP contribution in [-0.4, -0.2) is 88.9 Å². The van der Waals surface area contributed by atoms with Crippen molar-refractivity contribution in [1.29, 1.82) is 0 Å². The van der Waals surface area contributed by atoms with E-state index < -0.39 is 23.8 Å². The molecule has 0 bridgehead atoms. The third kappa shape index (κ3) is 7.70. The van der Waals surface area contributed by atoms with Crippen LogP contribution in [0.3, 0.4) is 0 Å². The quantitative estimate of drug-likeness (QED) is 0.178. The predicted molar refractivity (Wildman–Crippen MR) is 205 cm³/mol. The predicted octanol–water partition coefficient (Wildman–Crippen LogP) is 6.65. The van der Waals surface area contributed by atoms with E-state index in [0.29, 0.717) is 35.1 Å². The maximum absolute atomic E-state index is 13.2. The Labute approximate surface area is 320 Å². The SMILES string of the molecule is COc1cc2nn([C@H]3CC[C@H](CN4CCCN(c5cccc6c(N7CCC(=O)NC7=O)cncc56)CC4)CC3)cc2cc1NC(=O)c1cccc(C(F)(F)F)n1. The minimum Gasteiger partial charge on any atom is -0.494 e. The summed E-state index contributed by atoms with van der Waals surface area (Å²) in [5.41, 5.74) is 1.32. The van der Waals surface area contributed by atoms with Gasteiger partial charge in [0.2, 0.25) is 5.91 Å². The molecule has 8 rings (SSSR count). The minimum absolute atomic E-state index is 0.220. The van der Waals surface area contributed by atoms with Gasteiger partial charge >= 0.3 is 12.2 Å². The highest BCUT2D eigenvalue weighted by Gasteiger charge is 2.33. The number of imide groups is 1. The average Bonchev–Trinajstić information content (AvgIpc) is 3.47. The number of methoxy groups -OCH3 is 1. The average molecular weight is 770 g/mol. The number of urea groups is 1. The van der Waals surface area contributed by atoms with Crippen LogP contribution < -0.4 is 25.2 Å². The van der Waals surface area contributed by atoms with Crippen molar-refractivity contribution in [3.8, 4) is 5.75 Å². The summed E-state index contributed by atoms with van der Waals surface area (Å²) >= 11 is 0. The zero-order valence-electron chi connectivity index (χ0n) is 30.9. The normalized spacial score (nSPS) is 19.9. The number of hydrogen-bond donors (Lipinski definition) is 2. The number of nitrogens with one attached hydrogen (secondary N) is 2. The first-order valence-electron chi connectivity index (χ1n) is 18.9. The topological polar surface area (TPSA) is 138 Å². The highest BCUT2D eigenvalue weighted by molar-refractivity contribution is 6.11. The standard InChI is InChI=1S/C40H42F3N9O4/c1-56-35-20-31-26(19-32(35)46-38(54)30-6-3-8-36(45-30)40(41,42)43)24-52(48-31)27-11-9-25(10-12-27)23-49-14-4-15-50(18-17-49)33-7-2-5-28-29(33)21-44-22-34(28)51-16-13-37(53)47-39(51)55/h2-3,5-8,19-22,24-25,27H,4,9-18,23H2,1H3,(H,46,54)(H,47,53,55)/t25-,27-. The van der Waals surface area contributed by atoms with E-state index in [9.17, 15) is 27.6 Å². The van der Waals surface area contributed by atoms with Gasteiger partial charge in [-0.3, -0.25) is 29.5 Å². The van der Waals surface area contributed by atoms with Crippen molar-refractivity contribution in [2.24, 2.45) is 5.92 Å². The molecule has 3 fully saturated rings. The number of rotatable bonds is 8. The van der Waals surface area contributed by atoms with E-state index in [4.69, 9.17) is 9.84 Å². The second-order valence-corrected chi connectivity index (χ2v) is 14.7. The van der Waals surface area contributed by atoms with E-state index in [1.165, 1.54) is 13.2 Å². The van der Waals surface area contributed by atoms with Crippen LogP contribution >= 0.6 is 0 Å². The zero-order chi connectivity index (χ0) is 39.0. The molecular formula is C40H42F3N9O4. The number of fused-ring (bicyclic) bond motifs is 2. The Hall–Kier alpha value is -5.77. The second kappa shape index (κ2) is 15.4. The number of anilines is 3. The third-order valence-corrected chi connectivity index (χ3v) is 11.1. The first kappa shape index (κ1) is 37.2. The molecule has 2 N–H and O–H groups in total. The van der Waals surface area contributed by atoms with Crippen LogP contribution in [0.1, 0.15) is 60.7 Å². The molecule has 5 aromatic rings. The van der Waals surface area contributed by atoms with E-state index in [-0.39, 0.29) is 24.1 Å². The van der Waals surface area contributed by atoms with Crippen molar-refractivity contribution in [3.05, 3.63) is 78.5 Å². The Bertz CT molecular complexity index is 2290. The number of nitrogens with zero attached hydrogens (tertiary/aromatic N) is 7. The molecule has 1 aliphatic carbocycles. The molecule has 3 aromatic heterocycles. The molecule has 1 saturated carbocycles. The lowest BCUT2D eigenvalue weighted by Crippen LogP contribution is -2.49. The molecule has 0 spiro atoms. The van der Waals surface area contributed by atoms with Crippen molar-refractivity contribution in [3.63, 3.8) is 0 Å². The first-order valence-corrected chi connectivity index (χ1v) is 18.9. The Morgan fingerprint density at radius 3 is 2.55 bits per heavy atom. The summed E-state index contributed by atoms with van der Waals surface area (Å²) in [6.45, 7) is 5.10. The van der Waals surface area contributed by atoms with Crippen molar-refractivity contribution in [2.45, 2.75) is 50.7 Å². The smallest absolute Gasteiger partial charge is 0.433 e. The molecule has 5 heterocycles. The Kier molecular flexibility index (Phi) is 10.2. The van der Waals surface area contributed by atoms with Crippen LogP contribution in [0, 0.1) is 5.92 Å². The first-order chi connectivity index (χ1) is 27.0. The summed E-state index contributed by atoms with van der Waals surface area (Å²) < 4.78 is 47.0. The Morgan fingerprint density at radius 2 is 1.77 bits per heavy atom. The number of hydrogen-bond acceptors (Lipinski definition) is 9. The van der Waals surface area contributed by atoms with Crippen LogP contribution in [0.2, 0.25) is 0 Å². The fourth-order valence-corrected chi connectivity index (χ4v) is 8.23. The van der Waals surface area contributed by atoms with Gasteiger partial charge in [-0.25, -0.2) is 9.78 Å². The molecule has 16 heteroatoms. The fraction of sp³-hybridized carbons (Fsp3) is 0.400. The summed E-state index contributed by atoms with van der Waals surface area (Å²) in [4.78, 5) is 51.9. The minimum atomic E-state index is -4.67. The van der Waals surface area contributed by atoms with E-state index in [2.05, 4.69) is 36.5 Å². The molecule has 2 aliphatic heterocycles. The lowest BCUT2D eigenvalue weighted by Gasteiger charge is -2.32. The van der Waals surface area contributed by atoms with Crippen LogP contribution in [-0.2, 0) is 11.0 Å². The molecule has 13 nitrogen and oxygen atoms in total. The highest BCUT2D eigenvalue weighted by atomic mass is 19.4. The molecular weight excluding hydrogens is 727 g/mol. The van der Waals surface area contributed by atoms with Crippen LogP contribution in [0.4, 0.5) is 35.0 Å². The van der Waals surface area contributed by atoms with Crippen LogP contribution in [0.25, 0.3) is 21.7 Å². The third-order valence-electron chi connectivity index (χ3n) is 11.1. The van der Waals surface area contributed by atoms with Gasteiger partial charge in [0.25, 0.3) is 5.91 Å². The molecule has 56 heavy (non-hydrogen) atoms. The van der Waals surface area contributed by atoms with Gasteiger partial charge in [-0.15, -0.1) is 0 Å². The van der Waals surface area contributed by atoms with E-state index in [0.717, 1.165) is 98.8 Å². The van der Waals surface area contributed by atoms with Crippen molar-refractivity contribution >= 4 is 56.6 Å². The van der Waals surface area contributed by atoms with Gasteiger partial charge in [0.05, 0.1) is 36.2 Å². The van der Waals surface area contributed by atoms with E-state index >= 15 is 0 Å². The number of alkyl halides is 3. The van der Waals surface area contributed by atoms with Gasteiger partial charge < -0.3 is 19.9 Å². The monoisotopic (exact) mass is 769 g/mol. The number of carbonyl (C=O) groups excluding carboxylic acids is 3. The number of carbonyl (C=O) groups is 3. The van der Waals surface area contributed by atoms with Gasteiger partial charge in [0, 0.05) is 79.5 Å². The van der Waals surface area contributed by atoms with Gasteiger partial charge in [-0.1, -0.05) is 18.2 Å². The zero-order valence-corrected chi connectivity index (χ0v) is 30.9. The number of halogens is 3. The number of ether oxygens (including phenoxy) is 1. The van der Waals surface area contributed by atoms with Crippen molar-refractivity contribution in [1.82, 2.24) is 30.0 Å². The molecule has 3 aliphatic rings. The maximum Gasteiger partial charge on any atom is 0.433 e. The Morgan fingerprint density at radius 1 is 0.946 bits per heavy atom. The summed E-state index contributed by atoms with van der Waals surface area (Å²) in [6.07, 6.45) is 6.23. The molecule has 2 saturated heterocycles. The second-order valence-electron chi connectivity index (χ2n) is 14.7. The highest BCUT2D eigenvalue weighted by Crippen LogP contribution is 2.37. The summed E-state index contributed by atoms with van der Waals surface area (Å²) in [7, 11) is 1.46. The van der Waals surface area contributed by atoms with E-state index in [1.54, 1.807) is 23.2 Å². The van der Waals surface area contributed by atoms with Crippen molar-refractivity contribution in [2.75, 3.05) is 61.5 Å². The van der Waals surface area contributed by atoms with Crippen LogP contribution in [0.15, 0.2) is 67.1 Å². The molecule has 0 atom stereocenters. The summed E-state index contributed by atoms with van der Waals surface area (Å²) in [5, 5.41) is 12.6. The number of pyridine rings is 2. The summed E-state index contributed by atoms with van der Waals surface area (Å²) in [6, 6.07) is 12.6. The Balaban J connectivity index is 0.879. The number of amides is 4. The van der Waals surface area contributed by atoms with Gasteiger partial charge in [0.1, 0.15) is 17.1 Å². The molecule has 0 unspecified atom stereocenters.